The van der Waals surface area contributed by atoms with Gasteiger partial charge >= 0.3 is 71.1 Å². The number of rotatable bonds is 15. The molecule has 0 atom stereocenters. The standard InChI is InChI=1S/C20H38O4.2Na.2H/c1-17(2)11-7-5-9-15-23-19(21)13-14-20(22)24-16-10-6-8-12-18(3)4;;;;/h17-18H,5-16H2,1-4H3;;;;/q;2*+1;2*-1. The summed E-state index contributed by atoms with van der Waals surface area (Å²) in [5.74, 6) is 0.864. The first-order valence-corrected chi connectivity index (χ1v) is 9.73. The Morgan fingerprint density at radius 2 is 1.00 bits per heavy atom. The Kier molecular flexibility index (Phi) is 27.0. The maximum Gasteiger partial charge on any atom is 1.00 e. The first-order valence-electron chi connectivity index (χ1n) is 9.73. The van der Waals surface area contributed by atoms with Gasteiger partial charge < -0.3 is 12.3 Å². The molecule has 0 saturated heterocycles. The van der Waals surface area contributed by atoms with Gasteiger partial charge in [-0.3, -0.25) is 9.59 Å². The minimum Gasteiger partial charge on any atom is -1.00 e. The minimum atomic E-state index is -0.298. The van der Waals surface area contributed by atoms with Gasteiger partial charge in [0.1, 0.15) is 0 Å². The molecule has 0 saturated carbocycles. The van der Waals surface area contributed by atoms with Crippen molar-refractivity contribution in [3.05, 3.63) is 0 Å². The van der Waals surface area contributed by atoms with Gasteiger partial charge in [0.05, 0.1) is 26.1 Å². The Balaban J connectivity index is -0.000000441. The van der Waals surface area contributed by atoms with Crippen LogP contribution < -0.4 is 59.1 Å². The fourth-order valence-electron chi connectivity index (χ4n) is 2.38. The van der Waals surface area contributed by atoms with Gasteiger partial charge in [0, 0.05) is 0 Å². The zero-order valence-corrected chi connectivity index (χ0v) is 22.3. The van der Waals surface area contributed by atoms with Gasteiger partial charge in [0.2, 0.25) is 0 Å². The number of carbonyl (C=O) groups excluding carboxylic acids is 2. The van der Waals surface area contributed by atoms with Crippen LogP contribution in [0.15, 0.2) is 0 Å². The van der Waals surface area contributed by atoms with Crippen LogP contribution in [0.2, 0.25) is 0 Å². The number of ether oxygens (including phenoxy) is 2. The Morgan fingerprint density at radius 1 is 0.654 bits per heavy atom. The van der Waals surface area contributed by atoms with Gasteiger partial charge in [-0.15, -0.1) is 0 Å². The van der Waals surface area contributed by atoms with Crippen LogP contribution in [-0.2, 0) is 19.1 Å². The van der Waals surface area contributed by atoms with E-state index in [4.69, 9.17) is 9.47 Å². The van der Waals surface area contributed by atoms with Crippen LogP contribution in [0.4, 0.5) is 0 Å². The van der Waals surface area contributed by atoms with Crippen LogP contribution in [0.5, 0.6) is 0 Å². The van der Waals surface area contributed by atoms with Crippen molar-refractivity contribution in [1.82, 2.24) is 0 Å². The number of unbranched alkanes of at least 4 members (excludes halogenated alkanes) is 4. The normalized spacial score (nSPS) is 10.2. The molecule has 0 N–H and O–H groups in total. The molecule has 146 valence electrons. The van der Waals surface area contributed by atoms with Gasteiger partial charge in [0.15, 0.2) is 0 Å². The van der Waals surface area contributed by atoms with E-state index in [1.165, 1.54) is 25.7 Å². The van der Waals surface area contributed by atoms with Crippen molar-refractivity contribution in [2.75, 3.05) is 13.2 Å². The van der Waals surface area contributed by atoms with E-state index in [0.717, 1.165) is 37.5 Å². The molecule has 4 nitrogen and oxygen atoms in total. The number of hydrogen-bond acceptors (Lipinski definition) is 4. The van der Waals surface area contributed by atoms with Crippen molar-refractivity contribution in [3.63, 3.8) is 0 Å². The average molecular weight is 391 g/mol. The summed E-state index contributed by atoms with van der Waals surface area (Å²) < 4.78 is 10.3. The van der Waals surface area contributed by atoms with Gasteiger partial charge in [-0.05, 0) is 24.7 Å². The molecule has 0 bridgehead atoms. The van der Waals surface area contributed by atoms with E-state index in [0.29, 0.717) is 13.2 Å². The van der Waals surface area contributed by atoms with Crippen molar-refractivity contribution in [1.29, 1.82) is 0 Å². The summed E-state index contributed by atoms with van der Waals surface area (Å²) >= 11 is 0. The SMILES string of the molecule is CC(C)CCCCCOC(=O)CCC(=O)OCCCCCC(C)C.[H-].[H-].[Na+].[Na+]. The first kappa shape index (κ1) is 31.6. The van der Waals surface area contributed by atoms with Crippen LogP contribution in [0.25, 0.3) is 0 Å². The number of carbonyl (C=O) groups is 2. The summed E-state index contributed by atoms with van der Waals surface area (Å²) in [5, 5.41) is 0. The second-order valence-corrected chi connectivity index (χ2v) is 7.43. The van der Waals surface area contributed by atoms with Crippen molar-refractivity contribution < 1.29 is 81.0 Å². The van der Waals surface area contributed by atoms with Gasteiger partial charge in [-0.1, -0.05) is 66.2 Å². The van der Waals surface area contributed by atoms with Crippen LogP contribution >= 0.6 is 0 Å². The fraction of sp³-hybridized carbons (Fsp3) is 0.900. The third-order valence-corrected chi connectivity index (χ3v) is 3.91. The summed E-state index contributed by atoms with van der Waals surface area (Å²) in [6, 6.07) is 0. The molecular weight excluding hydrogens is 350 g/mol. The smallest absolute Gasteiger partial charge is 1.00 e. The molecule has 0 amide bonds. The molecule has 0 spiro atoms. The second kappa shape index (κ2) is 22.2. The van der Waals surface area contributed by atoms with Crippen molar-refractivity contribution in [3.8, 4) is 0 Å². The molecule has 0 aromatic carbocycles. The number of hydrogen-bond donors (Lipinski definition) is 0. The maximum atomic E-state index is 11.5. The Hall–Kier alpha value is 0.940. The van der Waals surface area contributed by atoms with Crippen LogP contribution in [-0.4, -0.2) is 25.2 Å². The summed E-state index contributed by atoms with van der Waals surface area (Å²) in [6.07, 6.45) is 9.02. The van der Waals surface area contributed by atoms with E-state index in [1.54, 1.807) is 0 Å². The molecule has 0 unspecified atom stereocenters. The van der Waals surface area contributed by atoms with E-state index in [9.17, 15) is 9.59 Å². The molecule has 0 radical (unpaired) electrons. The second-order valence-electron chi connectivity index (χ2n) is 7.43. The van der Waals surface area contributed by atoms with Crippen LogP contribution in [0, 0.1) is 11.8 Å². The molecule has 0 aromatic rings. The topological polar surface area (TPSA) is 52.6 Å². The van der Waals surface area contributed by atoms with E-state index >= 15 is 0 Å². The molecule has 6 heteroatoms. The van der Waals surface area contributed by atoms with E-state index in [2.05, 4.69) is 27.7 Å². The summed E-state index contributed by atoms with van der Waals surface area (Å²) in [5.41, 5.74) is 0. The molecule has 0 fully saturated rings. The van der Waals surface area contributed by atoms with Crippen molar-refractivity contribution in [2.24, 2.45) is 11.8 Å². The van der Waals surface area contributed by atoms with Crippen molar-refractivity contribution >= 4 is 11.9 Å². The van der Waals surface area contributed by atoms with E-state index in [1.807, 2.05) is 0 Å². The van der Waals surface area contributed by atoms with Gasteiger partial charge in [-0.2, -0.15) is 0 Å². The van der Waals surface area contributed by atoms with Crippen molar-refractivity contribution in [2.45, 2.75) is 91.9 Å². The monoisotopic (exact) mass is 390 g/mol. The number of esters is 2. The predicted molar refractivity (Wildman–Crippen MR) is 100.0 cm³/mol. The van der Waals surface area contributed by atoms with Crippen LogP contribution in [0.3, 0.4) is 0 Å². The Bertz CT molecular complexity index is 312. The third-order valence-electron chi connectivity index (χ3n) is 3.91. The molecule has 0 aromatic heterocycles. The van der Waals surface area contributed by atoms with E-state index in [-0.39, 0.29) is 86.7 Å². The largest absolute Gasteiger partial charge is 1.00 e. The van der Waals surface area contributed by atoms with Crippen LogP contribution in [0.1, 0.15) is 94.8 Å². The first-order chi connectivity index (χ1) is 11.4. The molecule has 0 heterocycles. The Labute approximate surface area is 208 Å². The molecule has 0 aliphatic carbocycles. The fourth-order valence-corrected chi connectivity index (χ4v) is 2.38. The Morgan fingerprint density at radius 3 is 1.31 bits per heavy atom. The van der Waals surface area contributed by atoms with E-state index < -0.39 is 0 Å². The summed E-state index contributed by atoms with van der Waals surface area (Å²) in [6.45, 7) is 9.77. The minimum absolute atomic E-state index is 0. The predicted octanol–water partition coefficient (Wildman–Crippen LogP) is -0.481. The third kappa shape index (κ3) is 24.9. The maximum absolute atomic E-state index is 11.5. The molecule has 0 rings (SSSR count). The quantitative estimate of drug-likeness (QED) is 0.215. The van der Waals surface area contributed by atoms with Gasteiger partial charge in [0.25, 0.3) is 0 Å². The molecule has 0 aliphatic heterocycles. The zero-order valence-electron chi connectivity index (χ0n) is 20.3. The summed E-state index contributed by atoms with van der Waals surface area (Å²) in [7, 11) is 0. The van der Waals surface area contributed by atoms with Gasteiger partial charge in [-0.25, -0.2) is 0 Å². The zero-order chi connectivity index (χ0) is 18.2. The molecule has 26 heavy (non-hydrogen) atoms. The summed E-state index contributed by atoms with van der Waals surface area (Å²) in [4.78, 5) is 23.1. The molecule has 0 aliphatic rings. The average Bonchev–Trinajstić information content (AvgIpc) is 2.51. The molecular formula is C20H40Na2O4.